The molecule has 2 rings (SSSR count). The van der Waals surface area contributed by atoms with Gasteiger partial charge in [-0.15, -0.1) is 0 Å². The molecule has 2 aliphatic rings. The van der Waals surface area contributed by atoms with Gasteiger partial charge in [-0.2, -0.15) is 0 Å². The molecule has 20 heavy (non-hydrogen) atoms. The van der Waals surface area contributed by atoms with Crippen LogP contribution in [0.15, 0.2) is 0 Å². The molecule has 1 heterocycles. The van der Waals surface area contributed by atoms with Gasteiger partial charge in [-0.25, -0.2) is 0 Å². The van der Waals surface area contributed by atoms with E-state index in [4.69, 9.17) is 0 Å². The first-order valence-electron chi connectivity index (χ1n) is 9.04. The summed E-state index contributed by atoms with van der Waals surface area (Å²) in [4.78, 5) is 2.52. The Hall–Kier alpha value is -0.120. The van der Waals surface area contributed by atoms with E-state index in [0.29, 0.717) is 0 Å². The first kappa shape index (κ1) is 16.3. The molecule has 0 radical (unpaired) electrons. The Labute approximate surface area is 125 Å². The maximum absolute atomic E-state index is 3.89. The van der Waals surface area contributed by atoms with E-state index >= 15 is 0 Å². The highest BCUT2D eigenvalue weighted by molar-refractivity contribution is 4.90. The van der Waals surface area contributed by atoms with Crippen molar-refractivity contribution in [2.24, 2.45) is 5.92 Å². The van der Waals surface area contributed by atoms with Gasteiger partial charge in [0.2, 0.25) is 0 Å². The first-order valence-corrected chi connectivity index (χ1v) is 9.04. The molecular weight excluding hydrogens is 246 g/mol. The van der Waals surface area contributed by atoms with Crippen molar-refractivity contribution in [1.29, 1.82) is 0 Å². The van der Waals surface area contributed by atoms with Crippen molar-refractivity contribution < 1.29 is 0 Å². The fourth-order valence-corrected chi connectivity index (χ4v) is 4.09. The van der Waals surface area contributed by atoms with Gasteiger partial charge < -0.3 is 15.5 Å². The molecule has 0 aromatic rings. The normalized spacial score (nSPS) is 31.6. The number of hydrogen-bond acceptors (Lipinski definition) is 3. The summed E-state index contributed by atoms with van der Waals surface area (Å²) in [5, 5.41) is 7.68. The molecule has 1 aliphatic carbocycles. The number of nitrogens with zero attached hydrogens (tertiary/aromatic N) is 1. The summed E-state index contributed by atoms with van der Waals surface area (Å²) < 4.78 is 0. The monoisotopic (exact) mass is 281 g/mol. The zero-order chi connectivity index (χ0) is 14.2. The fourth-order valence-electron chi connectivity index (χ4n) is 4.09. The van der Waals surface area contributed by atoms with Crippen LogP contribution in [0.1, 0.15) is 58.8 Å². The molecular formula is C17H35N3. The van der Waals surface area contributed by atoms with Crippen LogP contribution in [-0.4, -0.2) is 49.7 Å². The van der Waals surface area contributed by atoms with Crippen LogP contribution in [0.4, 0.5) is 0 Å². The Morgan fingerprint density at radius 2 is 1.75 bits per heavy atom. The minimum Gasteiger partial charge on any atom is -0.314 e. The lowest BCUT2D eigenvalue weighted by molar-refractivity contribution is 0.177. The minimum atomic E-state index is 0.759. The lowest BCUT2D eigenvalue weighted by Gasteiger charge is -2.40. The van der Waals surface area contributed by atoms with Crippen LogP contribution in [0, 0.1) is 5.92 Å². The molecule has 3 heteroatoms. The molecule has 3 atom stereocenters. The standard InChI is InChI=1S/C17H35N3/c1-3-20(4-2)14-13-19-17-10-6-5-9-15(17)16-11-7-8-12-18-16/h15-19H,3-14H2,1-2H3. The number of rotatable bonds is 7. The van der Waals surface area contributed by atoms with Crippen molar-refractivity contribution in [2.75, 3.05) is 32.7 Å². The molecule has 1 aliphatic heterocycles. The summed E-state index contributed by atoms with van der Waals surface area (Å²) in [6, 6.07) is 1.55. The molecule has 3 unspecified atom stereocenters. The fraction of sp³-hybridized carbons (Fsp3) is 1.00. The van der Waals surface area contributed by atoms with Gasteiger partial charge in [-0.1, -0.05) is 33.1 Å². The van der Waals surface area contributed by atoms with Crippen molar-refractivity contribution >= 4 is 0 Å². The van der Waals surface area contributed by atoms with Crippen LogP contribution in [0.5, 0.6) is 0 Å². The van der Waals surface area contributed by atoms with E-state index in [9.17, 15) is 0 Å². The average molecular weight is 281 g/mol. The van der Waals surface area contributed by atoms with Crippen LogP contribution in [-0.2, 0) is 0 Å². The Kier molecular flexibility index (Phi) is 7.32. The topological polar surface area (TPSA) is 27.3 Å². The molecule has 0 spiro atoms. The third-order valence-corrected chi connectivity index (χ3v) is 5.41. The zero-order valence-corrected chi connectivity index (χ0v) is 13.7. The van der Waals surface area contributed by atoms with Gasteiger partial charge in [0.25, 0.3) is 0 Å². The predicted molar refractivity (Wildman–Crippen MR) is 87.2 cm³/mol. The van der Waals surface area contributed by atoms with Crippen molar-refractivity contribution in [3.05, 3.63) is 0 Å². The van der Waals surface area contributed by atoms with Crippen LogP contribution >= 0.6 is 0 Å². The molecule has 118 valence electrons. The summed E-state index contributed by atoms with van der Waals surface area (Å²) in [7, 11) is 0. The maximum atomic E-state index is 3.89. The largest absolute Gasteiger partial charge is 0.314 e. The molecule has 1 saturated carbocycles. The summed E-state index contributed by atoms with van der Waals surface area (Å²) in [5.74, 6) is 0.876. The second-order valence-electron chi connectivity index (χ2n) is 6.59. The van der Waals surface area contributed by atoms with Gasteiger partial charge in [0.15, 0.2) is 0 Å². The Bertz CT molecular complexity index is 247. The van der Waals surface area contributed by atoms with E-state index in [2.05, 4.69) is 29.4 Å². The molecule has 0 aromatic carbocycles. The van der Waals surface area contributed by atoms with Gasteiger partial charge in [-0.3, -0.25) is 0 Å². The van der Waals surface area contributed by atoms with E-state index in [-0.39, 0.29) is 0 Å². The first-order chi connectivity index (χ1) is 9.85. The van der Waals surface area contributed by atoms with Crippen LogP contribution in [0.25, 0.3) is 0 Å². The smallest absolute Gasteiger partial charge is 0.0111 e. The number of hydrogen-bond donors (Lipinski definition) is 2. The number of nitrogens with one attached hydrogen (secondary N) is 2. The SMILES string of the molecule is CCN(CC)CCNC1CCCCC1C1CCCCN1. The summed E-state index contributed by atoms with van der Waals surface area (Å²) >= 11 is 0. The van der Waals surface area contributed by atoms with Crippen molar-refractivity contribution in [1.82, 2.24) is 15.5 Å². The molecule has 0 aromatic heterocycles. The van der Waals surface area contributed by atoms with Crippen LogP contribution in [0.3, 0.4) is 0 Å². The Morgan fingerprint density at radius 1 is 1.00 bits per heavy atom. The zero-order valence-electron chi connectivity index (χ0n) is 13.7. The average Bonchev–Trinajstić information content (AvgIpc) is 2.53. The third-order valence-electron chi connectivity index (χ3n) is 5.41. The highest BCUT2D eigenvalue weighted by atomic mass is 15.1. The van der Waals surface area contributed by atoms with E-state index in [0.717, 1.165) is 24.5 Å². The second-order valence-corrected chi connectivity index (χ2v) is 6.59. The molecule has 0 amide bonds. The Morgan fingerprint density at radius 3 is 2.45 bits per heavy atom. The quantitative estimate of drug-likeness (QED) is 0.751. The molecule has 1 saturated heterocycles. The predicted octanol–water partition coefficient (Wildman–Crippen LogP) is 2.62. The van der Waals surface area contributed by atoms with E-state index < -0.39 is 0 Å². The maximum Gasteiger partial charge on any atom is 0.0111 e. The van der Waals surface area contributed by atoms with Crippen molar-refractivity contribution in [2.45, 2.75) is 70.9 Å². The molecule has 2 N–H and O–H groups in total. The van der Waals surface area contributed by atoms with E-state index in [1.807, 2.05) is 0 Å². The lowest BCUT2D eigenvalue weighted by atomic mass is 9.77. The van der Waals surface area contributed by atoms with Gasteiger partial charge in [0.1, 0.15) is 0 Å². The second kappa shape index (κ2) is 9.01. The molecule has 3 nitrogen and oxygen atoms in total. The van der Waals surface area contributed by atoms with Crippen LogP contribution in [0.2, 0.25) is 0 Å². The van der Waals surface area contributed by atoms with Crippen molar-refractivity contribution in [3.8, 4) is 0 Å². The highest BCUT2D eigenvalue weighted by Gasteiger charge is 2.31. The summed E-state index contributed by atoms with van der Waals surface area (Å²) in [5.41, 5.74) is 0. The lowest BCUT2D eigenvalue weighted by Crippen LogP contribution is -2.51. The van der Waals surface area contributed by atoms with E-state index in [1.54, 1.807) is 0 Å². The van der Waals surface area contributed by atoms with Gasteiger partial charge >= 0.3 is 0 Å². The summed E-state index contributed by atoms with van der Waals surface area (Å²) in [6.07, 6.45) is 9.90. The highest BCUT2D eigenvalue weighted by Crippen LogP contribution is 2.30. The summed E-state index contributed by atoms with van der Waals surface area (Å²) in [6.45, 7) is 10.5. The van der Waals surface area contributed by atoms with Gasteiger partial charge in [0, 0.05) is 25.2 Å². The Balaban J connectivity index is 1.77. The van der Waals surface area contributed by atoms with Gasteiger partial charge in [0.05, 0.1) is 0 Å². The minimum absolute atomic E-state index is 0.759. The molecule has 2 fully saturated rings. The third kappa shape index (κ3) is 4.71. The van der Waals surface area contributed by atoms with E-state index in [1.165, 1.54) is 71.1 Å². The molecule has 0 bridgehead atoms. The van der Waals surface area contributed by atoms with Gasteiger partial charge in [-0.05, 0) is 51.2 Å². The number of piperidine rings is 1. The van der Waals surface area contributed by atoms with Crippen LogP contribution < -0.4 is 10.6 Å². The number of likely N-dealkylation sites (N-methyl/N-ethyl adjacent to an activating group) is 1. The van der Waals surface area contributed by atoms with Crippen molar-refractivity contribution in [3.63, 3.8) is 0 Å².